The number of hydrogen-bond acceptors (Lipinski definition) is 2. The van der Waals surface area contributed by atoms with Crippen molar-refractivity contribution in [3.8, 4) is 22.5 Å². The molecule has 2 aromatic carbocycles. The molecule has 180 valence electrons. The van der Waals surface area contributed by atoms with Crippen LogP contribution >= 0.6 is 0 Å². The summed E-state index contributed by atoms with van der Waals surface area (Å²) in [6.07, 6.45) is 0. The van der Waals surface area contributed by atoms with Crippen molar-refractivity contribution in [1.29, 1.82) is 0 Å². The molecular weight excluding hydrogens is 480 g/mol. The van der Waals surface area contributed by atoms with Crippen LogP contribution in [0.15, 0.2) is 48.5 Å². The average molecular weight is 494 g/mol. The molecule has 0 radical (unpaired) electrons. The van der Waals surface area contributed by atoms with Crippen LogP contribution in [0.5, 0.6) is 0 Å². The number of aromatic nitrogens is 2. The molecule has 35 heavy (non-hydrogen) atoms. The Bertz CT molecular complexity index is 1360. The van der Waals surface area contributed by atoms with E-state index in [0.717, 1.165) is 0 Å². The smallest absolute Gasteiger partial charge is 0.198 e. The molecule has 0 atom stereocenters. The minimum Gasteiger partial charge on any atom is -0.252 e. The molecule has 0 aliphatic heterocycles. The Kier molecular flexibility index (Phi) is 6.08. The first-order valence-corrected chi connectivity index (χ1v) is 10.0. The van der Waals surface area contributed by atoms with E-state index in [2.05, 4.69) is 9.97 Å². The molecule has 0 bridgehead atoms. The molecule has 0 unspecified atom stereocenters. The van der Waals surface area contributed by atoms with Gasteiger partial charge in [-0.1, -0.05) is 12.1 Å². The fraction of sp³-hybridized carbons (Fsp3) is 0.120. The van der Waals surface area contributed by atoms with E-state index >= 15 is 0 Å². The zero-order chi connectivity index (χ0) is 25.7. The molecule has 0 fully saturated rings. The SMILES string of the molecule is CC(C)(c1cccc(-c2cc(F)c(F)c(F)c2F)n1)c1cccc(-c2cc(F)c(F)c(F)c2F)n1. The zero-order valence-corrected chi connectivity index (χ0v) is 18.0. The monoisotopic (exact) mass is 494 g/mol. The molecule has 0 amide bonds. The second-order valence-electron chi connectivity index (χ2n) is 8.14. The van der Waals surface area contributed by atoms with Crippen LogP contribution in [0.25, 0.3) is 22.5 Å². The minimum atomic E-state index is -1.98. The first-order valence-electron chi connectivity index (χ1n) is 10.0. The third kappa shape index (κ3) is 4.13. The van der Waals surface area contributed by atoms with Gasteiger partial charge in [-0.05, 0) is 50.2 Å². The van der Waals surface area contributed by atoms with E-state index in [0.29, 0.717) is 12.1 Å². The Morgan fingerprint density at radius 1 is 0.514 bits per heavy atom. The topological polar surface area (TPSA) is 25.8 Å². The van der Waals surface area contributed by atoms with Crippen molar-refractivity contribution in [3.63, 3.8) is 0 Å². The third-order valence-electron chi connectivity index (χ3n) is 5.54. The largest absolute Gasteiger partial charge is 0.252 e. The van der Waals surface area contributed by atoms with Gasteiger partial charge in [0.2, 0.25) is 0 Å². The first kappa shape index (κ1) is 24.3. The van der Waals surface area contributed by atoms with Gasteiger partial charge in [0, 0.05) is 16.5 Å². The molecule has 2 aromatic heterocycles. The molecule has 0 N–H and O–H groups in total. The Balaban J connectivity index is 1.80. The van der Waals surface area contributed by atoms with Gasteiger partial charge in [0.05, 0.1) is 22.8 Å². The van der Waals surface area contributed by atoms with E-state index in [-0.39, 0.29) is 22.8 Å². The molecule has 0 saturated heterocycles. The summed E-state index contributed by atoms with van der Waals surface area (Å²) in [4.78, 5) is 8.49. The lowest BCUT2D eigenvalue weighted by atomic mass is 9.84. The highest BCUT2D eigenvalue weighted by atomic mass is 19.2. The minimum absolute atomic E-state index is 0.198. The number of halogens is 8. The van der Waals surface area contributed by atoms with Gasteiger partial charge >= 0.3 is 0 Å². The van der Waals surface area contributed by atoms with Crippen LogP contribution in [-0.2, 0) is 5.41 Å². The van der Waals surface area contributed by atoms with E-state index in [1.165, 1.54) is 36.4 Å². The highest BCUT2D eigenvalue weighted by Gasteiger charge is 2.29. The average Bonchev–Trinajstić information content (AvgIpc) is 2.86. The maximum absolute atomic E-state index is 14.3. The van der Waals surface area contributed by atoms with Gasteiger partial charge in [-0.25, -0.2) is 35.1 Å². The Labute approximate surface area is 193 Å². The maximum atomic E-state index is 14.3. The lowest BCUT2D eigenvalue weighted by Crippen LogP contribution is -2.22. The van der Waals surface area contributed by atoms with Crippen molar-refractivity contribution in [1.82, 2.24) is 9.97 Å². The summed E-state index contributed by atoms with van der Waals surface area (Å²) >= 11 is 0. The highest BCUT2D eigenvalue weighted by Crippen LogP contribution is 2.34. The number of benzene rings is 2. The van der Waals surface area contributed by atoms with E-state index < -0.39 is 63.1 Å². The number of rotatable bonds is 4. The summed E-state index contributed by atoms with van der Waals surface area (Å²) < 4.78 is 110. The van der Waals surface area contributed by atoms with Crippen LogP contribution in [0.1, 0.15) is 25.2 Å². The van der Waals surface area contributed by atoms with Gasteiger partial charge in [-0.3, -0.25) is 9.97 Å². The van der Waals surface area contributed by atoms with Crippen LogP contribution < -0.4 is 0 Å². The van der Waals surface area contributed by atoms with Crippen molar-refractivity contribution in [2.45, 2.75) is 19.3 Å². The van der Waals surface area contributed by atoms with Crippen molar-refractivity contribution < 1.29 is 35.1 Å². The first-order chi connectivity index (χ1) is 16.4. The van der Waals surface area contributed by atoms with Gasteiger partial charge in [0.1, 0.15) is 0 Å². The summed E-state index contributed by atoms with van der Waals surface area (Å²) in [5.74, 6) is -14.3. The summed E-state index contributed by atoms with van der Waals surface area (Å²) in [6, 6.07) is 9.33. The van der Waals surface area contributed by atoms with Crippen molar-refractivity contribution in [2.75, 3.05) is 0 Å². The number of hydrogen-bond donors (Lipinski definition) is 0. The molecule has 2 heterocycles. The fourth-order valence-corrected chi connectivity index (χ4v) is 3.52. The fourth-order valence-electron chi connectivity index (χ4n) is 3.52. The lowest BCUT2D eigenvalue weighted by Gasteiger charge is -2.25. The summed E-state index contributed by atoms with van der Waals surface area (Å²) in [5, 5.41) is 0. The predicted octanol–water partition coefficient (Wildman–Crippen LogP) is 7.25. The molecule has 0 aliphatic carbocycles. The number of pyridine rings is 2. The molecule has 10 heteroatoms. The van der Waals surface area contributed by atoms with Crippen LogP contribution in [0, 0.1) is 46.5 Å². The number of nitrogens with zero attached hydrogens (tertiary/aromatic N) is 2. The van der Waals surface area contributed by atoms with E-state index in [4.69, 9.17) is 0 Å². The van der Waals surface area contributed by atoms with Crippen molar-refractivity contribution in [3.05, 3.63) is 106 Å². The molecule has 0 aliphatic rings. The molecule has 4 rings (SSSR count). The van der Waals surface area contributed by atoms with Gasteiger partial charge in [0.25, 0.3) is 0 Å². The predicted molar refractivity (Wildman–Crippen MR) is 111 cm³/mol. The quantitative estimate of drug-likeness (QED) is 0.170. The third-order valence-corrected chi connectivity index (χ3v) is 5.54. The van der Waals surface area contributed by atoms with Gasteiger partial charge in [-0.2, -0.15) is 0 Å². The maximum Gasteiger partial charge on any atom is 0.198 e. The highest BCUT2D eigenvalue weighted by molar-refractivity contribution is 5.62. The van der Waals surface area contributed by atoms with Gasteiger partial charge in [0.15, 0.2) is 46.5 Å². The van der Waals surface area contributed by atoms with E-state index in [1.54, 1.807) is 13.8 Å². The van der Waals surface area contributed by atoms with Crippen molar-refractivity contribution in [2.24, 2.45) is 0 Å². The second kappa shape index (κ2) is 8.75. The van der Waals surface area contributed by atoms with Crippen molar-refractivity contribution >= 4 is 0 Å². The summed E-state index contributed by atoms with van der Waals surface area (Å²) in [5.41, 5.74) is -2.28. The second-order valence-corrected chi connectivity index (χ2v) is 8.14. The van der Waals surface area contributed by atoms with Crippen LogP contribution in [0.4, 0.5) is 35.1 Å². The Morgan fingerprint density at radius 2 is 0.886 bits per heavy atom. The van der Waals surface area contributed by atoms with Gasteiger partial charge < -0.3 is 0 Å². The summed E-state index contributed by atoms with van der Waals surface area (Å²) in [7, 11) is 0. The van der Waals surface area contributed by atoms with Crippen LogP contribution in [0.3, 0.4) is 0 Å². The van der Waals surface area contributed by atoms with E-state index in [1.807, 2.05) is 0 Å². The molecular formula is C25H14F8N2. The Hall–Kier alpha value is -3.82. The van der Waals surface area contributed by atoms with Crippen LogP contribution in [-0.4, -0.2) is 9.97 Å². The summed E-state index contributed by atoms with van der Waals surface area (Å²) in [6.45, 7) is 3.24. The van der Waals surface area contributed by atoms with Gasteiger partial charge in [-0.15, -0.1) is 0 Å². The Morgan fingerprint density at radius 3 is 1.26 bits per heavy atom. The molecule has 0 spiro atoms. The van der Waals surface area contributed by atoms with Crippen LogP contribution in [0.2, 0.25) is 0 Å². The molecule has 0 saturated carbocycles. The van der Waals surface area contributed by atoms with E-state index in [9.17, 15) is 35.1 Å². The lowest BCUT2D eigenvalue weighted by molar-refractivity contribution is 0.410. The standard InChI is InChI=1S/C25H14F8N2/c1-25(2,17-7-3-5-15(34-17)11-9-13(26)21(30)23(32)19(11)28)18-8-4-6-16(35-18)12-10-14(27)22(31)24(33)20(12)29/h3-10H,1-2H3. The molecule has 2 nitrogen and oxygen atoms in total. The normalized spacial score (nSPS) is 11.7. The zero-order valence-electron chi connectivity index (χ0n) is 18.0. The molecule has 4 aromatic rings.